The molecule has 1 aromatic heterocycles. The number of thiophene rings is 1. The number of esters is 1. The van der Waals surface area contributed by atoms with Crippen molar-refractivity contribution in [1.82, 2.24) is 0 Å². The first-order valence-corrected chi connectivity index (χ1v) is 7.68. The maximum atomic E-state index is 12.0. The first kappa shape index (κ1) is 13.3. The minimum Gasteiger partial charge on any atom is -0.462 e. The number of ether oxygens (including phenoxy) is 1. The average molecular weight is 287 g/mol. The molecule has 1 aliphatic carbocycles. The first-order chi connectivity index (χ1) is 9.64. The highest BCUT2D eigenvalue weighted by molar-refractivity contribution is 7.08. The Labute approximate surface area is 122 Å². The van der Waals surface area contributed by atoms with Gasteiger partial charge in [-0.1, -0.05) is 24.3 Å². The van der Waals surface area contributed by atoms with E-state index in [-0.39, 0.29) is 5.97 Å². The molecule has 3 rings (SSSR count). The molecule has 0 spiro atoms. The summed E-state index contributed by atoms with van der Waals surface area (Å²) >= 11 is 1.50. The molecule has 0 radical (unpaired) electrons. The van der Waals surface area contributed by atoms with Crippen molar-refractivity contribution in [3.63, 3.8) is 0 Å². The van der Waals surface area contributed by atoms with Crippen LogP contribution in [-0.4, -0.2) is 12.6 Å². The predicted molar refractivity (Wildman–Crippen MR) is 80.0 cm³/mol. The molecular weight excluding hydrogens is 270 g/mol. The summed E-state index contributed by atoms with van der Waals surface area (Å²) in [6.07, 6.45) is 1.54. The lowest BCUT2D eigenvalue weighted by Gasteiger charge is -2.24. The quantitative estimate of drug-likeness (QED) is 0.883. The maximum Gasteiger partial charge on any atom is 0.339 e. The second kappa shape index (κ2) is 5.04. The van der Waals surface area contributed by atoms with Gasteiger partial charge in [-0.2, -0.15) is 11.3 Å². The molecule has 1 aromatic carbocycles. The third kappa shape index (κ3) is 2.15. The van der Waals surface area contributed by atoms with E-state index in [1.165, 1.54) is 22.5 Å². The zero-order valence-electron chi connectivity index (χ0n) is 11.4. The monoisotopic (exact) mass is 287 g/mol. The molecule has 0 fully saturated rings. The number of fused-ring (bicyclic) bond motifs is 1. The molecule has 2 aromatic rings. The van der Waals surface area contributed by atoms with E-state index in [0.29, 0.717) is 12.2 Å². The normalized spacial score (nSPS) is 15.9. The van der Waals surface area contributed by atoms with E-state index >= 15 is 0 Å². The van der Waals surface area contributed by atoms with Gasteiger partial charge in [-0.05, 0) is 41.8 Å². The molecule has 0 amide bonds. The Morgan fingerprint density at radius 1 is 1.30 bits per heavy atom. The highest BCUT2D eigenvalue weighted by atomic mass is 32.1. The summed E-state index contributed by atoms with van der Waals surface area (Å²) in [5.74, 6) is -0.274. The Morgan fingerprint density at radius 3 is 2.55 bits per heavy atom. The van der Waals surface area contributed by atoms with Gasteiger partial charge in [0.25, 0.3) is 0 Å². The van der Waals surface area contributed by atoms with Crippen molar-refractivity contribution >= 4 is 17.3 Å². The molecule has 0 unspecified atom stereocenters. The molecule has 0 aliphatic heterocycles. The third-order valence-electron chi connectivity index (χ3n) is 3.82. The van der Waals surface area contributed by atoms with E-state index in [1.807, 2.05) is 29.8 Å². The Balaban J connectivity index is 1.95. The van der Waals surface area contributed by atoms with Gasteiger partial charge in [0.2, 0.25) is 0 Å². The Morgan fingerprint density at radius 2 is 1.95 bits per heavy atom. The van der Waals surface area contributed by atoms with E-state index in [2.05, 4.69) is 12.1 Å². The maximum absolute atomic E-state index is 12.0. The van der Waals surface area contributed by atoms with Crippen molar-refractivity contribution in [2.24, 2.45) is 5.73 Å². The van der Waals surface area contributed by atoms with Gasteiger partial charge in [0.1, 0.15) is 0 Å². The van der Waals surface area contributed by atoms with Crippen LogP contribution in [0.5, 0.6) is 0 Å². The standard InChI is InChI=1S/C16H17NO2S/c1-2-19-15(18)13-9-20-10-14(13)16(17)7-11-5-3-4-6-12(11)8-16/h3-6,9-10H,2,7-8,17H2,1H3. The minimum absolute atomic E-state index is 0.274. The fourth-order valence-corrected chi connectivity index (χ4v) is 3.81. The molecule has 4 heteroatoms. The molecule has 0 saturated heterocycles. The number of benzene rings is 1. The van der Waals surface area contributed by atoms with E-state index in [4.69, 9.17) is 10.5 Å². The van der Waals surface area contributed by atoms with Gasteiger partial charge >= 0.3 is 5.97 Å². The zero-order chi connectivity index (χ0) is 14.2. The smallest absolute Gasteiger partial charge is 0.339 e. The summed E-state index contributed by atoms with van der Waals surface area (Å²) in [7, 11) is 0. The number of carbonyl (C=O) groups excluding carboxylic acids is 1. The molecule has 2 N–H and O–H groups in total. The van der Waals surface area contributed by atoms with Crippen LogP contribution in [0, 0.1) is 0 Å². The van der Waals surface area contributed by atoms with E-state index < -0.39 is 5.54 Å². The minimum atomic E-state index is -0.494. The van der Waals surface area contributed by atoms with Gasteiger partial charge in [-0.15, -0.1) is 0 Å². The van der Waals surface area contributed by atoms with E-state index in [0.717, 1.165) is 18.4 Å². The highest BCUT2D eigenvalue weighted by Gasteiger charge is 2.38. The second-order valence-corrected chi connectivity index (χ2v) is 5.94. The topological polar surface area (TPSA) is 52.3 Å². The van der Waals surface area contributed by atoms with E-state index in [1.54, 1.807) is 0 Å². The SMILES string of the molecule is CCOC(=O)c1cscc1C1(N)Cc2ccccc2C1. The average Bonchev–Trinajstić information content (AvgIpc) is 3.02. The number of hydrogen-bond donors (Lipinski definition) is 1. The fraction of sp³-hybridized carbons (Fsp3) is 0.312. The van der Waals surface area contributed by atoms with E-state index in [9.17, 15) is 4.79 Å². The van der Waals surface area contributed by atoms with Crippen LogP contribution in [0.2, 0.25) is 0 Å². The van der Waals surface area contributed by atoms with Crippen LogP contribution in [0.15, 0.2) is 35.0 Å². The fourth-order valence-electron chi connectivity index (χ4n) is 2.88. The van der Waals surface area contributed by atoms with Crippen LogP contribution in [0.25, 0.3) is 0 Å². The molecular formula is C16H17NO2S. The Bertz CT molecular complexity index is 622. The van der Waals surface area contributed by atoms with Gasteiger partial charge in [0.15, 0.2) is 0 Å². The molecule has 1 aliphatic rings. The van der Waals surface area contributed by atoms with Crippen molar-refractivity contribution in [3.05, 3.63) is 57.3 Å². The number of rotatable bonds is 3. The molecule has 1 heterocycles. The number of carbonyl (C=O) groups is 1. The lowest BCUT2D eigenvalue weighted by Crippen LogP contribution is -2.38. The summed E-state index contributed by atoms with van der Waals surface area (Å²) in [4.78, 5) is 12.0. The van der Waals surface area contributed by atoms with Crippen molar-refractivity contribution in [2.75, 3.05) is 6.61 Å². The molecule has 3 nitrogen and oxygen atoms in total. The van der Waals surface area contributed by atoms with Gasteiger partial charge in [0, 0.05) is 5.38 Å². The lowest BCUT2D eigenvalue weighted by atomic mass is 9.87. The Hall–Kier alpha value is -1.65. The third-order valence-corrected chi connectivity index (χ3v) is 4.57. The number of nitrogens with two attached hydrogens (primary N) is 1. The molecule has 0 atom stereocenters. The van der Waals surface area contributed by atoms with Gasteiger partial charge in [-0.25, -0.2) is 4.79 Å². The van der Waals surface area contributed by atoms with Crippen molar-refractivity contribution in [3.8, 4) is 0 Å². The summed E-state index contributed by atoms with van der Waals surface area (Å²) in [5, 5.41) is 3.82. The zero-order valence-corrected chi connectivity index (χ0v) is 12.2. The molecule has 104 valence electrons. The molecule has 0 saturated carbocycles. The summed E-state index contributed by atoms with van der Waals surface area (Å²) in [6, 6.07) is 8.29. The molecule has 20 heavy (non-hydrogen) atoms. The van der Waals surface area contributed by atoms with Gasteiger partial charge in [-0.3, -0.25) is 0 Å². The summed E-state index contributed by atoms with van der Waals surface area (Å²) in [6.45, 7) is 2.19. The van der Waals surface area contributed by atoms with Gasteiger partial charge < -0.3 is 10.5 Å². The first-order valence-electron chi connectivity index (χ1n) is 6.73. The van der Waals surface area contributed by atoms with Crippen LogP contribution in [0.3, 0.4) is 0 Å². The highest BCUT2D eigenvalue weighted by Crippen LogP contribution is 2.38. The van der Waals surface area contributed by atoms with Gasteiger partial charge in [0.05, 0.1) is 17.7 Å². The second-order valence-electron chi connectivity index (χ2n) is 5.20. The largest absolute Gasteiger partial charge is 0.462 e. The van der Waals surface area contributed by atoms with Crippen LogP contribution >= 0.6 is 11.3 Å². The van der Waals surface area contributed by atoms with Crippen LogP contribution in [0.4, 0.5) is 0 Å². The van der Waals surface area contributed by atoms with Crippen LogP contribution in [-0.2, 0) is 23.1 Å². The van der Waals surface area contributed by atoms with Crippen molar-refractivity contribution in [1.29, 1.82) is 0 Å². The predicted octanol–water partition coefficient (Wildman–Crippen LogP) is 2.88. The number of hydrogen-bond acceptors (Lipinski definition) is 4. The van der Waals surface area contributed by atoms with Crippen molar-refractivity contribution in [2.45, 2.75) is 25.3 Å². The Kier molecular flexibility index (Phi) is 3.36. The van der Waals surface area contributed by atoms with Crippen LogP contribution < -0.4 is 5.73 Å². The molecule has 0 bridgehead atoms. The lowest BCUT2D eigenvalue weighted by molar-refractivity contribution is 0.0523. The van der Waals surface area contributed by atoms with Crippen LogP contribution in [0.1, 0.15) is 34.0 Å². The summed E-state index contributed by atoms with van der Waals surface area (Å²) in [5.41, 5.74) is 10.2. The summed E-state index contributed by atoms with van der Waals surface area (Å²) < 4.78 is 5.12. The van der Waals surface area contributed by atoms with Crippen molar-refractivity contribution < 1.29 is 9.53 Å².